The minimum absolute atomic E-state index is 0.0924. The zero-order chi connectivity index (χ0) is 24.0. The summed E-state index contributed by atoms with van der Waals surface area (Å²) in [4.78, 5) is 38.5. The van der Waals surface area contributed by atoms with Gasteiger partial charge in [0.25, 0.3) is 0 Å². The zero-order valence-electron chi connectivity index (χ0n) is 19.2. The van der Waals surface area contributed by atoms with Crippen molar-refractivity contribution in [2.75, 3.05) is 27.2 Å². The van der Waals surface area contributed by atoms with Crippen molar-refractivity contribution in [1.29, 1.82) is 0 Å². The summed E-state index contributed by atoms with van der Waals surface area (Å²) in [6.07, 6.45) is 0.192. The number of nitrogens with zero attached hydrogens (tertiary/aromatic N) is 1. The van der Waals surface area contributed by atoms with Gasteiger partial charge in [-0.1, -0.05) is 61.9 Å². The highest BCUT2D eigenvalue weighted by molar-refractivity contribution is 5.89. The Morgan fingerprint density at radius 2 is 1.55 bits per heavy atom. The van der Waals surface area contributed by atoms with E-state index in [2.05, 4.69) is 22.8 Å². The number of fused-ring (bicyclic) bond motifs is 3. The minimum Gasteiger partial charge on any atom is -0.480 e. The third-order valence-corrected chi connectivity index (χ3v) is 5.69. The fourth-order valence-corrected chi connectivity index (χ4v) is 4.16. The number of carbonyl (C=O) groups is 3. The first-order valence-corrected chi connectivity index (χ1v) is 11.1. The molecule has 1 aliphatic carbocycles. The molecule has 0 bridgehead atoms. The number of aliphatic carboxylic acids is 1. The van der Waals surface area contributed by atoms with Crippen LogP contribution in [-0.2, 0) is 14.3 Å². The van der Waals surface area contributed by atoms with Crippen LogP contribution in [0, 0.1) is 0 Å². The molecule has 2 aromatic carbocycles. The van der Waals surface area contributed by atoms with E-state index >= 15 is 0 Å². The molecule has 2 atom stereocenters. The Bertz CT molecular complexity index is 962. The number of rotatable bonds is 10. The lowest BCUT2D eigenvalue weighted by molar-refractivity contribution is -0.142. The molecule has 8 nitrogen and oxygen atoms in total. The molecule has 0 saturated carbocycles. The topological polar surface area (TPSA) is 108 Å². The van der Waals surface area contributed by atoms with Crippen molar-refractivity contribution in [3.8, 4) is 11.1 Å². The number of alkyl carbamates (subject to hydrolysis) is 1. The summed E-state index contributed by atoms with van der Waals surface area (Å²) >= 11 is 0. The molecule has 3 rings (SSSR count). The number of hydrogen-bond acceptors (Lipinski definition) is 5. The Labute approximate surface area is 193 Å². The second-order valence-electron chi connectivity index (χ2n) is 8.47. The van der Waals surface area contributed by atoms with Gasteiger partial charge in [0, 0.05) is 12.5 Å². The van der Waals surface area contributed by atoms with Crippen molar-refractivity contribution in [2.45, 2.75) is 37.8 Å². The van der Waals surface area contributed by atoms with Gasteiger partial charge in [-0.25, -0.2) is 9.59 Å². The lowest BCUT2D eigenvalue weighted by Gasteiger charge is -2.24. The molecular formula is C25H31N3O5. The van der Waals surface area contributed by atoms with Gasteiger partial charge in [-0.2, -0.15) is 0 Å². The van der Waals surface area contributed by atoms with Crippen LogP contribution in [0.3, 0.4) is 0 Å². The van der Waals surface area contributed by atoms with Crippen LogP contribution >= 0.6 is 0 Å². The van der Waals surface area contributed by atoms with E-state index in [0.717, 1.165) is 22.3 Å². The van der Waals surface area contributed by atoms with E-state index in [0.29, 0.717) is 12.8 Å². The maximum atomic E-state index is 12.7. The Morgan fingerprint density at radius 1 is 0.970 bits per heavy atom. The number of carboxylic acid groups (broad SMARTS) is 1. The number of nitrogens with one attached hydrogen (secondary N) is 2. The van der Waals surface area contributed by atoms with Gasteiger partial charge >= 0.3 is 12.1 Å². The van der Waals surface area contributed by atoms with Gasteiger partial charge in [0.2, 0.25) is 5.91 Å². The molecule has 0 heterocycles. The molecule has 33 heavy (non-hydrogen) atoms. The average molecular weight is 454 g/mol. The van der Waals surface area contributed by atoms with Crippen molar-refractivity contribution in [1.82, 2.24) is 15.5 Å². The molecule has 2 aromatic rings. The van der Waals surface area contributed by atoms with Crippen molar-refractivity contribution in [3.63, 3.8) is 0 Å². The molecule has 0 saturated heterocycles. The third kappa shape index (κ3) is 5.90. The third-order valence-electron chi connectivity index (χ3n) is 5.69. The molecule has 176 valence electrons. The van der Waals surface area contributed by atoms with E-state index in [-0.39, 0.29) is 19.1 Å². The Kier molecular flexibility index (Phi) is 8.06. The van der Waals surface area contributed by atoms with Gasteiger partial charge in [0.1, 0.15) is 18.7 Å². The number of benzene rings is 2. The molecule has 1 unspecified atom stereocenters. The molecule has 2 amide bonds. The first-order chi connectivity index (χ1) is 15.8. The predicted octanol–water partition coefficient (Wildman–Crippen LogP) is 2.82. The number of amides is 2. The van der Waals surface area contributed by atoms with Gasteiger partial charge in [0.15, 0.2) is 0 Å². The molecule has 0 aliphatic heterocycles. The molecule has 0 fully saturated rings. The number of carbonyl (C=O) groups excluding carboxylic acids is 2. The van der Waals surface area contributed by atoms with Gasteiger partial charge < -0.3 is 25.4 Å². The van der Waals surface area contributed by atoms with E-state index in [1.54, 1.807) is 19.0 Å². The largest absolute Gasteiger partial charge is 0.480 e. The van der Waals surface area contributed by atoms with Crippen LogP contribution in [0.25, 0.3) is 11.1 Å². The molecule has 0 spiro atoms. The van der Waals surface area contributed by atoms with Crippen LogP contribution in [0.5, 0.6) is 0 Å². The summed E-state index contributed by atoms with van der Waals surface area (Å²) in [5.74, 6) is -1.75. The highest BCUT2D eigenvalue weighted by atomic mass is 16.5. The standard InChI is InChI=1S/C25H31N3O5/c1-4-9-21(24(30)31)26-23(29)22(14-28(2)3)27-25(32)33-15-20-18-12-7-5-10-16(18)17-11-6-8-13-19(17)20/h5-8,10-13,20-22H,4,9,14-15H2,1-3H3,(H,26,29)(H,27,32)(H,30,31)/t21?,22-/m0/s1. The van der Waals surface area contributed by atoms with E-state index < -0.39 is 30.1 Å². The van der Waals surface area contributed by atoms with Crippen LogP contribution in [0.4, 0.5) is 4.79 Å². The SMILES string of the molecule is CCCC(NC(=O)[C@H](CN(C)C)NC(=O)OCC1c2ccccc2-c2ccccc21)C(=O)O. The van der Waals surface area contributed by atoms with Crippen molar-refractivity contribution < 1.29 is 24.2 Å². The Morgan fingerprint density at radius 3 is 2.06 bits per heavy atom. The summed E-state index contributed by atoms with van der Waals surface area (Å²) < 4.78 is 5.54. The molecule has 8 heteroatoms. The van der Waals surface area contributed by atoms with Gasteiger partial charge in [0.05, 0.1) is 0 Å². The Balaban J connectivity index is 1.66. The molecule has 0 aromatic heterocycles. The van der Waals surface area contributed by atoms with E-state index in [1.165, 1.54) is 0 Å². The average Bonchev–Trinajstić information content (AvgIpc) is 3.10. The summed E-state index contributed by atoms with van der Waals surface area (Å²) in [7, 11) is 3.53. The van der Waals surface area contributed by atoms with Crippen molar-refractivity contribution in [2.24, 2.45) is 0 Å². The summed E-state index contributed by atoms with van der Waals surface area (Å²) in [6.45, 7) is 2.17. The van der Waals surface area contributed by atoms with Crippen LogP contribution in [-0.4, -0.2) is 67.3 Å². The summed E-state index contributed by atoms with van der Waals surface area (Å²) in [6, 6.07) is 14.1. The van der Waals surface area contributed by atoms with E-state index in [9.17, 15) is 19.5 Å². The first-order valence-electron chi connectivity index (χ1n) is 11.1. The first kappa shape index (κ1) is 24.3. The monoisotopic (exact) mass is 453 g/mol. The normalized spacial score (nSPS) is 14.2. The number of likely N-dealkylation sites (N-methyl/N-ethyl adjacent to an activating group) is 1. The van der Waals surface area contributed by atoms with Gasteiger partial charge in [-0.05, 0) is 42.8 Å². The van der Waals surface area contributed by atoms with E-state index in [4.69, 9.17) is 4.74 Å². The highest BCUT2D eigenvalue weighted by Gasteiger charge is 2.30. The summed E-state index contributed by atoms with van der Waals surface area (Å²) in [5.41, 5.74) is 4.45. The maximum absolute atomic E-state index is 12.7. The van der Waals surface area contributed by atoms with Gasteiger partial charge in [-0.3, -0.25) is 4.79 Å². The van der Waals surface area contributed by atoms with Crippen LogP contribution in [0.1, 0.15) is 36.8 Å². The van der Waals surface area contributed by atoms with Crippen molar-refractivity contribution in [3.05, 3.63) is 59.7 Å². The zero-order valence-corrected chi connectivity index (χ0v) is 19.2. The second kappa shape index (κ2) is 11.0. The van der Waals surface area contributed by atoms with Crippen LogP contribution in [0.15, 0.2) is 48.5 Å². The lowest BCUT2D eigenvalue weighted by atomic mass is 9.98. The maximum Gasteiger partial charge on any atom is 0.407 e. The van der Waals surface area contributed by atoms with Crippen molar-refractivity contribution >= 4 is 18.0 Å². The van der Waals surface area contributed by atoms with E-state index in [1.807, 2.05) is 43.3 Å². The quantitative estimate of drug-likeness (QED) is 0.511. The Hall–Kier alpha value is -3.39. The van der Waals surface area contributed by atoms with Crippen LogP contribution < -0.4 is 10.6 Å². The second-order valence-corrected chi connectivity index (χ2v) is 8.47. The molecule has 1 aliphatic rings. The molecule has 0 radical (unpaired) electrons. The highest BCUT2D eigenvalue weighted by Crippen LogP contribution is 2.44. The fraction of sp³-hybridized carbons (Fsp3) is 0.400. The molecular weight excluding hydrogens is 422 g/mol. The lowest BCUT2D eigenvalue weighted by Crippen LogP contribution is -2.55. The number of ether oxygens (including phenoxy) is 1. The number of carboxylic acids is 1. The van der Waals surface area contributed by atoms with Gasteiger partial charge in [-0.15, -0.1) is 0 Å². The summed E-state index contributed by atoms with van der Waals surface area (Å²) in [5, 5.41) is 14.4. The predicted molar refractivity (Wildman–Crippen MR) is 125 cm³/mol. The minimum atomic E-state index is -1.10. The fourth-order valence-electron chi connectivity index (χ4n) is 4.16. The van der Waals surface area contributed by atoms with Crippen LogP contribution in [0.2, 0.25) is 0 Å². The smallest absolute Gasteiger partial charge is 0.407 e. The number of hydrogen-bond donors (Lipinski definition) is 3. The molecule has 3 N–H and O–H groups in total.